The van der Waals surface area contributed by atoms with Gasteiger partial charge in [0.05, 0.1) is 23.1 Å². The Morgan fingerprint density at radius 2 is 2.13 bits per heavy atom. The minimum atomic E-state index is -0.498. The predicted octanol–water partition coefficient (Wildman–Crippen LogP) is 5.23. The molecule has 3 heterocycles. The van der Waals surface area contributed by atoms with Gasteiger partial charge in [-0.05, 0) is 57.2 Å². The molecule has 0 aliphatic carbocycles. The van der Waals surface area contributed by atoms with Crippen LogP contribution in [0.5, 0.6) is 11.5 Å². The number of rotatable bonds is 6. The molecule has 3 aromatic rings. The number of fused-ring (bicyclic) bond motifs is 1. The van der Waals surface area contributed by atoms with E-state index in [1.807, 2.05) is 63.4 Å². The van der Waals surface area contributed by atoms with E-state index < -0.39 is 5.60 Å². The van der Waals surface area contributed by atoms with Gasteiger partial charge in [0.25, 0.3) is 0 Å². The first-order valence-electron chi connectivity index (χ1n) is 10.4. The molecule has 1 aromatic carbocycles. The molecule has 164 valence electrons. The number of oxazole rings is 1. The van der Waals surface area contributed by atoms with Crippen LogP contribution in [0.2, 0.25) is 0 Å². The highest BCUT2D eigenvalue weighted by molar-refractivity contribution is 7.13. The third kappa shape index (κ3) is 5.28. The highest BCUT2D eigenvalue weighted by Gasteiger charge is 2.30. The van der Waals surface area contributed by atoms with E-state index in [4.69, 9.17) is 18.6 Å². The molecule has 1 aliphatic rings. The van der Waals surface area contributed by atoms with E-state index >= 15 is 0 Å². The monoisotopic (exact) mass is 441 g/mol. The van der Waals surface area contributed by atoms with E-state index in [9.17, 15) is 4.79 Å². The zero-order chi connectivity index (χ0) is 22.0. The van der Waals surface area contributed by atoms with Gasteiger partial charge in [-0.3, -0.25) is 4.79 Å². The van der Waals surface area contributed by atoms with Gasteiger partial charge in [-0.2, -0.15) is 0 Å². The van der Waals surface area contributed by atoms with Crippen LogP contribution in [0, 0.1) is 12.8 Å². The van der Waals surface area contributed by atoms with Crippen LogP contribution in [0.15, 0.2) is 40.1 Å². The van der Waals surface area contributed by atoms with Crippen molar-refractivity contribution in [1.82, 2.24) is 4.98 Å². The molecule has 6 nitrogen and oxygen atoms in total. The molecular formula is C24H27NO5S. The second-order valence-electron chi connectivity index (χ2n) is 8.61. The van der Waals surface area contributed by atoms with Gasteiger partial charge in [-0.1, -0.05) is 12.1 Å². The summed E-state index contributed by atoms with van der Waals surface area (Å²) in [7, 11) is 0. The molecule has 0 saturated heterocycles. The van der Waals surface area contributed by atoms with Crippen molar-refractivity contribution in [3.05, 3.63) is 52.7 Å². The largest absolute Gasteiger partial charge is 0.493 e. The Bertz CT molecular complexity index is 1050. The van der Waals surface area contributed by atoms with Gasteiger partial charge in [-0.15, -0.1) is 11.3 Å². The van der Waals surface area contributed by atoms with Crippen LogP contribution < -0.4 is 9.47 Å². The lowest BCUT2D eigenvalue weighted by molar-refractivity contribution is -0.161. The number of benzene rings is 1. The van der Waals surface area contributed by atoms with Gasteiger partial charge >= 0.3 is 5.97 Å². The van der Waals surface area contributed by atoms with Crippen LogP contribution in [-0.4, -0.2) is 29.8 Å². The van der Waals surface area contributed by atoms with Gasteiger partial charge in [-0.25, -0.2) is 4.98 Å². The lowest BCUT2D eigenvalue weighted by Crippen LogP contribution is -2.34. The first kappa shape index (κ1) is 21.4. The number of aromatic nitrogens is 1. The van der Waals surface area contributed by atoms with E-state index in [-0.39, 0.29) is 11.9 Å². The topological polar surface area (TPSA) is 70.8 Å². The molecule has 0 N–H and O–H groups in total. The fourth-order valence-corrected chi connectivity index (χ4v) is 4.06. The second kappa shape index (κ2) is 8.75. The fraction of sp³-hybridized carbons (Fsp3) is 0.417. The van der Waals surface area contributed by atoms with Crippen molar-refractivity contribution in [3.8, 4) is 22.3 Å². The number of hydrogen-bond acceptors (Lipinski definition) is 7. The number of nitrogens with zero attached hydrogens (tertiary/aromatic N) is 1. The fourth-order valence-electron chi connectivity index (χ4n) is 3.41. The van der Waals surface area contributed by atoms with Gasteiger partial charge in [0.15, 0.2) is 0 Å². The summed E-state index contributed by atoms with van der Waals surface area (Å²) in [5.41, 5.74) is 1.39. The van der Waals surface area contributed by atoms with Crippen LogP contribution >= 0.6 is 11.3 Å². The summed E-state index contributed by atoms with van der Waals surface area (Å²) in [5, 5.41) is 2.01. The van der Waals surface area contributed by atoms with Gasteiger partial charge in [0.1, 0.15) is 29.5 Å². The number of carbonyl (C=O) groups excluding carboxylic acids is 1. The lowest BCUT2D eigenvalue weighted by Gasteiger charge is -2.27. The first-order valence-corrected chi connectivity index (χ1v) is 11.3. The molecule has 0 fully saturated rings. The normalized spacial score (nSPS) is 15.8. The van der Waals surface area contributed by atoms with Crippen LogP contribution in [0.25, 0.3) is 10.8 Å². The van der Waals surface area contributed by atoms with Crippen molar-refractivity contribution in [2.45, 2.75) is 46.1 Å². The van der Waals surface area contributed by atoms with E-state index in [0.29, 0.717) is 31.9 Å². The SMILES string of the molecule is Cc1oc(-c2cccs2)nc1CCOc1ccc2c(c1)OCC(C(=O)OC(C)(C)C)C2. The lowest BCUT2D eigenvalue weighted by atomic mass is 9.96. The molecule has 0 spiro atoms. The van der Waals surface area contributed by atoms with Crippen molar-refractivity contribution in [1.29, 1.82) is 0 Å². The quantitative estimate of drug-likeness (QED) is 0.488. The number of ether oxygens (including phenoxy) is 3. The van der Waals surface area contributed by atoms with Crippen LogP contribution in [0.4, 0.5) is 0 Å². The highest BCUT2D eigenvalue weighted by Crippen LogP contribution is 2.32. The Kier molecular flexibility index (Phi) is 6.05. The van der Waals surface area contributed by atoms with Crippen LogP contribution in [0.1, 0.15) is 37.8 Å². The number of esters is 1. The van der Waals surface area contributed by atoms with Crippen molar-refractivity contribution in [2.75, 3.05) is 13.2 Å². The van der Waals surface area contributed by atoms with Crippen molar-refractivity contribution >= 4 is 17.3 Å². The van der Waals surface area contributed by atoms with E-state index in [2.05, 4.69) is 4.98 Å². The van der Waals surface area contributed by atoms with Crippen molar-refractivity contribution in [2.24, 2.45) is 5.92 Å². The van der Waals surface area contributed by atoms with E-state index in [1.165, 1.54) is 0 Å². The Morgan fingerprint density at radius 1 is 1.29 bits per heavy atom. The number of thiophene rings is 1. The predicted molar refractivity (Wildman–Crippen MR) is 119 cm³/mol. The number of hydrogen-bond donors (Lipinski definition) is 0. The van der Waals surface area contributed by atoms with E-state index in [0.717, 1.165) is 33.4 Å². The molecule has 4 rings (SSSR count). The molecule has 1 unspecified atom stereocenters. The summed E-state index contributed by atoms with van der Waals surface area (Å²) >= 11 is 1.61. The molecule has 31 heavy (non-hydrogen) atoms. The summed E-state index contributed by atoms with van der Waals surface area (Å²) in [4.78, 5) is 18.0. The van der Waals surface area contributed by atoms with Gasteiger partial charge in [0.2, 0.25) is 5.89 Å². The molecule has 1 aliphatic heterocycles. The Labute approximate surface area is 186 Å². The maximum absolute atomic E-state index is 12.3. The zero-order valence-electron chi connectivity index (χ0n) is 18.3. The molecular weight excluding hydrogens is 414 g/mol. The third-order valence-electron chi connectivity index (χ3n) is 4.92. The second-order valence-corrected chi connectivity index (χ2v) is 9.56. The van der Waals surface area contributed by atoms with Crippen molar-refractivity contribution in [3.63, 3.8) is 0 Å². The Morgan fingerprint density at radius 3 is 2.87 bits per heavy atom. The molecule has 0 saturated carbocycles. The maximum atomic E-state index is 12.3. The molecule has 1 atom stereocenters. The average Bonchev–Trinajstić information content (AvgIpc) is 3.36. The Balaban J connectivity index is 1.33. The van der Waals surface area contributed by atoms with Gasteiger partial charge in [0, 0.05) is 12.5 Å². The summed E-state index contributed by atoms with van der Waals surface area (Å²) in [6.45, 7) is 8.33. The molecule has 0 amide bonds. The molecule has 7 heteroatoms. The average molecular weight is 442 g/mol. The maximum Gasteiger partial charge on any atom is 0.313 e. The zero-order valence-corrected chi connectivity index (χ0v) is 19.1. The molecule has 0 bridgehead atoms. The summed E-state index contributed by atoms with van der Waals surface area (Å²) < 4.78 is 23.0. The minimum absolute atomic E-state index is 0.219. The highest BCUT2D eigenvalue weighted by atomic mass is 32.1. The minimum Gasteiger partial charge on any atom is -0.493 e. The van der Waals surface area contributed by atoms with Crippen LogP contribution in [0.3, 0.4) is 0 Å². The van der Waals surface area contributed by atoms with Crippen LogP contribution in [-0.2, 0) is 22.4 Å². The first-order chi connectivity index (χ1) is 14.8. The number of aryl methyl sites for hydroxylation is 1. The summed E-state index contributed by atoms with van der Waals surface area (Å²) in [5.74, 6) is 2.46. The van der Waals surface area contributed by atoms with E-state index in [1.54, 1.807) is 11.3 Å². The molecule has 0 radical (unpaired) electrons. The van der Waals surface area contributed by atoms with Crippen molar-refractivity contribution < 1.29 is 23.4 Å². The Hall–Kier alpha value is -2.80. The standard InChI is InChI=1S/C24H27NO5S/c1-15-19(25-22(29-15)21-6-5-11-31-21)9-10-27-18-8-7-16-12-17(14-28-20(16)13-18)23(26)30-24(2,3)4/h5-8,11,13,17H,9-10,12,14H2,1-4H3. The molecule has 2 aromatic heterocycles. The number of carbonyl (C=O) groups is 1. The summed E-state index contributed by atoms with van der Waals surface area (Å²) in [6.07, 6.45) is 1.26. The summed E-state index contributed by atoms with van der Waals surface area (Å²) in [6, 6.07) is 9.73. The smallest absolute Gasteiger partial charge is 0.313 e. The van der Waals surface area contributed by atoms with Gasteiger partial charge < -0.3 is 18.6 Å². The third-order valence-corrected chi connectivity index (χ3v) is 5.78.